The van der Waals surface area contributed by atoms with E-state index in [0.717, 1.165) is 15.8 Å². The number of amides is 1. The Labute approximate surface area is 161 Å². The van der Waals surface area contributed by atoms with Crippen molar-refractivity contribution in [3.05, 3.63) is 52.4 Å². The highest BCUT2D eigenvalue weighted by atomic mass is 79.9. The van der Waals surface area contributed by atoms with E-state index < -0.39 is 15.1 Å². The van der Waals surface area contributed by atoms with Crippen LogP contribution in [-0.2, 0) is 26.8 Å². The van der Waals surface area contributed by atoms with Gasteiger partial charge in [0.2, 0.25) is 5.91 Å². The Morgan fingerprint density at radius 1 is 1.35 bits per heavy atom. The molecule has 1 saturated heterocycles. The van der Waals surface area contributed by atoms with Crippen LogP contribution in [-0.4, -0.2) is 44.7 Å². The summed E-state index contributed by atoms with van der Waals surface area (Å²) >= 11 is 3.43. The molecule has 0 atom stereocenters. The van der Waals surface area contributed by atoms with Crippen molar-refractivity contribution in [1.29, 1.82) is 0 Å². The molecule has 26 heavy (non-hydrogen) atoms. The second-order valence-corrected chi connectivity index (χ2v) is 9.41. The lowest BCUT2D eigenvalue weighted by Gasteiger charge is -2.38. The lowest BCUT2D eigenvalue weighted by molar-refractivity contribution is -0.134. The van der Waals surface area contributed by atoms with Crippen LogP contribution < -0.4 is 4.74 Å². The molecule has 6 nitrogen and oxygen atoms in total. The monoisotopic (exact) mass is 441 g/mol. The van der Waals surface area contributed by atoms with Crippen molar-refractivity contribution in [3.8, 4) is 5.75 Å². The van der Waals surface area contributed by atoms with E-state index in [1.54, 1.807) is 24.1 Å². The van der Waals surface area contributed by atoms with Crippen LogP contribution in [0, 0.1) is 0 Å². The fourth-order valence-corrected chi connectivity index (χ4v) is 5.05. The smallest absolute Gasteiger partial charge is 0.222 e. The van der Waals surface area contributed by atoms with Gasteiger partial charge in [-0.25, -0.2) is 8.42 Å². The molecule has 0 bridgehead atoms. The third-order valence-corrected chi connectivity index (χ3v) is 7.10. The van der Waals surface area contributed by atoms with Crippen LogP contribution in [0.2, 0.25) is 0 Å². The number of aryl methyl sites for hydroxylation is 1. The number of nitrogens with zero attached hydrogens (tertiary/aromatic N) is 1. The van der Waals surface area contributed by atoms with Crippen LogP contribution in [0.3, 0.4) is 0 Å². The molecule has 0 radical (unpaired) electrons. The molecule has 1 aromatic heterocycles. The molecule has 1 aromatic carbocycles. The first-order chi connectivity index (χ1) is 12.4. The molecule has 0 saturated carbocycles. The Morgan fingerprint density at radius 2 is 2.12 bits per heavy atom. The number of ether oxygens (including phenoxy) is 1. The highest BCUT2D eigenvalue weighted by Gasteiger charge is 2.39. The maximum absolute atomic E-state index is 12.3. The van der Waals surface area contributed by atoms with Crippen LogP contribution >= 0.6 is 15.9 Å². The number of halogens is 1. The van der Waals surface area contributed by atoms with Gasteiger partial charge >= 0.3 is 0 Å². The third-order valence-electron chi connectivity index (χ3n) is 4.48. The van der Waals surface area contributed by atoms with Crippen molar-refractivity contribution in [2.24, 2.45) is 0 Å². The van der Waals surface area contributed by atoms with Crippen molar-refractivity contribution < 1.29 is 22.4 Å². The molecule has 140 valence electrons. The van der Waals surface area contributed by atoms with Gasteiger partial charge in [0.25, 0.3) is 0 Å². The van der Waals surface area contributed by atoms with Gasteiger partial charge in [-0.2, -0.15) is 0 Å². The first kappa shape index (κ1) is 19.0. The lowest BCUT2D eigenvalue weighted by atomic mass is 10.1. The van der Waals surface area contributed by atoms with Gasteiger partial charge in [0.05, 0.1) is 23.1 Å². The molecule has 1 aliphatic rings. The first-order valence-electron chi connectivity index (χ1n) is 8.23. The average Bonchev–Trinajstić information content (AvgIpc) is 3.03. The number of likely N-dealkylation sites (tertiary alicyclic amines) is 1. The Bertz CT molecular complexity index is 873. The largest absolute Gasteiger partial charge is 0.496 e. The van der Waals surface area contributed by atoms with E-state index in [0.29, 0.717) is 18.6 Å². The molecule has 0 unspecified atom stereocenters. The van der Waals surface area contributed by atoms with E-state index in [2.05, 4.69) is 15.9 Å². The van der Waals surface area contributed by atoms with Crippen molar-refractivity contribution in [2.75, 3.05) is 20.2 Å². The molecule has 8 heteroatoms. The first-order valence-corrected chi connectivity index (χ1v) is 10.7. The summed E-state index contributed by atoms with van der Waals surface area (Å²) in [7, 11) is -1.70. The van der Waals surface area contributed by atoms with E-state index in [1.807, 2.05) is 18.2 Å². The van der Waals surface area contributed by atoms with Crippen molar-refractivity contribution in [2.45, 2.75) is 23.8 Å². The summed E-state index contributed by atoms with van der Waals surface area (Å²) in [6.45, 7) is 0.516. The summed E-state index contributed by atoms with van der Waals surface area (Å²) in [5.41, 5.74) is 1.02. The fraction of sp³-hybridized carbons (Fsp3) is 0.389. The predicted octanol–water partition coefficient (Wildman–Crippen LogP) is 2.81. The number of sulfone groups is 1. The maximum atomic E-state index is 12.3. The van der Waals surface area contributed by atoms with Crippen LogP contribution in [0.15, 0.2) is 45.5 Å². The van der Waals surface area contributed by atoms with E-state index >= 15 is 0 Å². The summed E-state index contributed by atoms with van der Waals surface area (Å²) < 4.78 is 35.8. The minimum atomic E-state index is -3.30. The fourth-order valence-electron chi connectivity index (χ4n) is 2.85. The van der Waals surface area contributed by atoms with Crippen molar-refractivity contribution in [3.63, 3.8) is 0 Å². The number of hydrogen-bond donors (Lipinski definition) is 0. The zero-order valence-electron chi connectivity index (χ0n) is 14.4. The van der Waals surface area contributed by atoms with E-state index in [1.165, 1.54) is 6.26 Å². The second-order valence-electron chi connectivity index (χ2n) is 6.28. The van der Waals surface area contributed by atoms with Gasteiger partial charge < -0.3 is 14.1 Å². The van der Waals surface area contributed by atoms with Gasteiger partial charge in [-0.15, -0.1) is 0 Å². The summed E-state index contributed by atoms with van der Waals surface area (Å²) in [6.07, 6.45) is 2.41. The lowest BCUT2D eigenvalue weighted by Crippen LogP contribution is -2.57. The summed E-state index contributed by atoms with van der Waals surface area (Å²) in [6, 6.07) is 9.01. The Kier molecular flexibility index (Phi) is 5.72. The number of hydrogen-bond acceptors (Lipinski definition) is 5. The van der Waals surface area contributed by atoms with Crippen molar-refractivity contribution >= 4 is 31.7 Å². The molecule has 0 N–H and O–H groups in total. The topological polar surface area (TPSA) is 76.8 Å². The van der Waals surface area contributed by atoms with Gasteiger partial charge in [0.1, 0.15) is 17.3 Å². The highest BCUT2D eigenvalue weighted by Crippen LogP contribution is 2.26. The second kappa shape index (κ2) is 7.84. The molecular weight excluding hydrogens is 422 g/mol. The predicted molar refractivity (Wildman–Crippen MR) is 101 cm³/mol. The van der Waals surface area contributed by atoms with Gasteiger partial charge in [0, 0.05) is 19.5 Å². The van der Waals surface area contributed by atoms with Crippen LogP contribution in [0.4, 0.5) is 0 Å². The van der Waals surface area contributed by atoms with Crippen molar-refractivity contribution in [1.82, 2.24) is 4.90 Å². The maximum Gasteiger partial charge on any atom is 0.222 e. The summed E-state index contributed by atoms with van der Waals surface area (Å²) in [5.74, 6) is 1.03. The normalized spacial score (nSPS) is 14.9. The minimum Gasteiger partial charge on any atom is -0.496 e. The number of carbonyl (C=O) groups excluding carboxylic acids is 1. The van der Waals surface area contributed by atoms with Gasteiger partial charge in [-0.05, 0) is 52.2 Å². The average molecular weight is 442 g/mol. The molecule has 2 aromatic rings. The zero-order valence-corrected chi connectivity index (χ0v) is 16.8. The Balaban J connectivity index is 1.48. The highest BCUT2D eigenvalue weighted by molar-refractivity contribution is 9.10. The van der Waals surface area contributed by atoms with E-state index in [9.17, 15) is 13.2 Å². The van der Waals surface area contributed by atoms with Gasteiger partial charge in [0.15, 0.2) is 9.84 Å². The number of carbonyl (C=O) groups is 1. The van der Waals surface area contributed by atoms with E-state index in [4.69, 9.17) is 9.15 Å². The quantitative estimate of drug-likeness (QED) is 0.659. The number of rotatable bonds is 7. The van der Waals surface area contributed by atoms with E-state index in [-0.39, 0.29) is 24.7 Å². The molecule has 1 amide bonds. The summed E-state index contributed by atoms with van der Waals surface area (Å²) in [4.78, 5) is 13.9. The third kappa shape index (κ3) is 4.29. The molecule has 1 aliphatic heterocycles. The SMILES string of the molecule is COc1ccc(CCC(=O)N2CC(S(=O)(=O)Cc3ccco3)C2)cc1Br. The van der Waals surface area contributed by atoms with Crippen LogP contribution in [0.1, 0.15) is 17.7 Å². The van der Waals surface area contributed by atoms with Gasteiger partial charge in [-0.1, -0.05) is 6.07 Å². The molecule has 0 aliphatic carbocycles. The Morgan fingerprint density at radius 3 is 2.73 bits per heavy atom. The number of benzene rings is 1. The zero-order chi connectivity index (χ0) is 18.7. The Hall–Kier alpha value is -1.80. The molecule has 3 rings (SSSR count). The number of methoxy groups -OCH3 is 1. The number of furan rings is 1. The van der Waals surface area contributed by atoms with Crippen LogP contribution in [0.5, 0.6) is 5.75 Å². The summed E-state index contributed by atoms with van der Waals surface area (Å²) in [5, 5.41) is -0.508. The molecule has 2 heterocycles. The van der Waals surface area contributed by atoms with Crippen LogP contribution in [0.25, 0.3) is 0 Å². The standard InChI is InChI=1S/C18H20BrNO5S/c1-24-17-6-4-13(9-16(17)19)5-7-18(21)20-10-15(11-20)26(22,23)12-14-3-2-8-25-14/h2-4,6,8-9,15H,5,7,10-12H2,1H3. The van der Waals surface area contributed by atoms with Gasteiger partial charge in [-0.3, -0.25) is 4.79 Å². The molecular formula is C18H20BrNO5S. The minimum absolute atomic E-state index is 0.0265. The molecule has 1 fully saturated rings. The molecule has 0 spiro atoms.